The fourth-order valence-electron chi connectivity index (χ4n) is 2.25. The topological polar surface area (TPSA) is 49.4 Å². The lowest BCUT2D eigenvalue weighted by atomic mass is 9.97. The number of imide groups is 1. The van der Waals surface area contributed by atoms with Crippen LogP contribution in [0.25, 0.3) is 0 Å². The molecule has 1 aromatic rings. The summed E-state index contributed by atoms with van der Waals surface area (Å²) in [6, 6.07) is 9.22. The minimum atomic E-state index is -0.692. The van der Waals surface area contributed by atoms with Crippen molar-refractivity contribution in [2.45, 2.75) is 38.9 Å². The summed E-state index contributed by atoms with van der Waals surface area (Å²) < 4.78 is 0. The van der Waals surface area contributed by atoms with E-state index in [-0.39, 0.29) is 17.9 Å². The van der Waals surface area contributed by atoms with Crippen molar-refractivity contribution in [1.29, 1.82) is 0 Å². The minimum Gasteiger partial charge on any atom is -0.293 e. The van der Waals surface area contributed by atoms with Gasteiger partial charge in [-0.05, 0) is 26.3 Å². The zero-order valence-electron chi connectivity index (χ0n) is 10.9. The number of nitrogens with zero attached hydrogens (tertiary/aromatic N) is 1. The number of amides is 2. The lowest BCUT2D eigenvalue weighted by Crippen LogP contribution is -2.67. The van der Waals surface area contributed by atoms with Crippen LogP contribution >= 0.6 is 0 Å². The van der Waals surface area contributed by atoms with Gasteiger partial charge in [0.25, 0.3) is 0 Å². The third-order valence-electron chi connectivity index (χ3n) is 3.18. The third-order valence-corrected chi connectivity index (χ3v) is 3.18. The van der Waals surface area contributed by atoms with Crippen molar-refractivity contribution < 1.29 is 9.59 Å². The predicted octanol–water partition coefficient (Wildman–Crippen LogP) is 1.31. The maximum absolute atomic E-state index is 12.2. The minimum absolute atomic E-state index is 0.164. The van der Waals surface area contributed by atoms with Crippen molar-refractivity contribution in [2.24, 2.45) is 0 Å². The van der Waals surface area contributed by atoms with Gasteiger partial charge in [-0.25, -0.2) is 0 Å². The summed E-state index contributed by atoms with van der Waals surface area (Å²) in [6.45, 7) is 5.73. The molecule has 2 amide bonds. The normalized spacial score (nSPS) is 23.3. The molecule has 1 aromatic carbocycles. The second-order valence-electron chi connectivity index (χ2n) is 5.21. The quantitative estimate of drug-likeness (QED) is 0.800. The Labute approximate surface area is 107 Å². The number of nitrogens with one attached hydrogen (secondary N) is 1. The summed E-state index contributed by atoms with van der Waals surface area (Å²) in [7, 11) is 0. The summed E-state index contributed by atoms with van der Waals surface area (Å²) in [6.07, 6.45) is 0. The van der Waals surface area contributed by atoms with E-state index >= 15 is 0 Å². The van der Waals surface area contributed by atoms with E-state index < -0.39 is 5.54 Å². The Morgan fingerprint density at radius 3 is 2.44 bits per heavy atom. The zero-order chi connectivity index (χ0) is 13.3. The van der Waals surface area contributed by atoms with E-state index in [9.17, 15) is 9.59 Å². The Hall–Kier alpha value is -1.68. The average Bonchev–Trinajstić information content (AvgIpc) is 2.33. The SMILES string of the molecule is C[C@H]1NC(C)(C)C(=O)N(Cc2ccccc2)C1=O. The molecular weight excluding hydrogens is 228 g/mol. The van der Waals surface area contributed by atoms with Crippen molar-refractivity contribution in [3.8, 4) is 0 Å². The molecule has 1 aliphatic rings. The Balaban J connectivity index is 2.24. The molecule has 0 bridgehead atoms. The predicted molar refractivity (Wildman–Crippen MR) is 68.7 cm³/mol. The lowest BCUT2D eigenvalue weighted by Gasteiger charge is -2.40. The first-order valence-electron chi connectivity index (χ1n) is 6.09. The van der Waals surface area contributed by atoms with Gasteiger partial charge in [0.2, 0.25) is 11.8 Å². The fourth-order valence-corrected chi connectivity index (χ4v) is 2.25. The number of piperazine rings is 1. The van der Waals surface area contributed by atoms with E-state index in [1.807, 2.05) is 30.3 Å². The van der Waals surface area contributed by atoms with Crippen molar-refractivity contribution in [2.75, 3.05) is 0 Å². The van der Waals surface area contributed by atoms with Gasteiger partial charge in [0, 0.05) is 0 Å². The van der Waals surface area contributed by atoms with Gasteiger partial charge < -0.3 is 0 Å². The Bertz CT molecular complexity index is 468. The lowest BCUT2D eigenvalue weighted by molar-refractivity contribution is -0.155. The molecule has 2 rings (SSSR count). The van der Waals surface area contributed by atoms with Crippen LogP contribution in [-0.4, -0.2) is 28.3 Å². The highest BCUT2D eigenvalue weighted by Crippen LogP contribution is 2.19. The van der Waals surface area contributed by atoms with Crippen LogP contribution in [-0.2, 0) is 16.1 Å². The number of benzene rings is 1. The third kappa shape index (κ3) is 2.29. The van der Waals surface area contributed by atoms with Gasteiger partial charge in [-0.1, -0.05) is 30.3 Å². The first-order valence-corrected chi connectivity index (χ1v) is 6.09. The van der Waals surface area contributed by atoms with Crippen molar-refractivity contribution >= 4 is 11.8 Å². The summed E-state index contributed by atoms with van der Waals surface area (Å²) in [5, 5.41) is 3.03. The number of rotatable bonds is 2. The van der Waals surface area contributed by atoms with Gasteiger partial charge in [0.15, 0.2) is 0 Å². The summed E-state index contributed by atoms with van der Waals surface area (Å²) in [5.41, 5.74) is 0.270. The highest BCUT2D eigenvalue weighted by Gasteiger charge is 2.43. The van der Waals surface area contributed by atoms with Crippen LogP contribution in [0.15, 0.2) is 30.3 Å². The van der Waals surface area contributed by atoms with Gasteiger partial charge >= 0.3 is 0 Å². The standard InChI is InChI=1S/C14H18N2O2/c1-10-12(17)16(13(18)14(2,3)15-10)9-11-7-5-4-6-8-11/h4-8,10,15H,9H2,1-3H3/t10-/m1/s1. The molecule has 1 heterocycles. The van der Waals surface area contributed by atoms with E-state index in [4.69, 9.17) is 0 Å². The maximum Gasteiger partial charge on any atom is 0.249 e. The highest BCUT2D eigenvalue weighted by molar-refractivity contribution is 6.04. The van der Waals surface area contributed by atoms with E-state index in [0.717, 1.165) is 5.56 Å². The first kappa shape index (κ1) is 12.8. The highest BCUT2D eigenvalue weighted by atomic mass is 16.2. The summed E-state index contributed by atoms with van der Waals surface area (Å²) in [5.74, 6) is -0.336. The number of hydrogen-bond donors (Lipinski definition) is 1. The average molecular weight is 246 g/mol. The van der Waals surface area contributed by atoms with E-state index in [0.29, 0.717) is 6.54 Å². The zero-order valence-corrected chi connectivity index (χ0v) is 10.9. The molecule has 1 atom stereocenters. The molecule has 1 saturated heterocycles. The second kappa shape index (κ2) is 4.53. The molecule has 0 radical (unpaired) electrons. The van der Waals surface area contributed by atoms with Gasteiger partial charge in [-0.15, -0.1) is 0 Å². The molecule has 0 spiro atoms. The van der Waals surface area contributed by atoms with Crippen molar-refractivity contribution in [1.82, 2.24) is 10.2 Å². The molecular formula is C14H18N2O2. The molecule has 4 heteroatoms. The molecule has 1 N–H and O–H groups in total. The monoisotopic (exact) mass is 246 g/mol. The van der Waals surface area contributed by atoms with Crippen molar-refractivity contribution in [3.63, 3.8) is 0 Å². The summed E-state index contributed by atoms with van der Waals surface area (Å²) in [4.78, 5) is 25.7. The second-order valence-corrected chi connectivity index (χ2v) is 5.21. The number of carbonyl (C=O) groups is 2. The smallest absolute Gasteiger partial charge is 0.249 e. The van der Waals surface area contributed by atoms with Crippen LogP contribution in [0.1, 0.15) is 26.3 Å². The van der Waals surface area contributed by atoms with Crippen LogP contribution in [0.3, 0.4) is 0 Å². The molecule has 0 aromatic heterocycles. The Kier molecular flexibility index (Phi) is 3.22. The first-order chi connectivity index (χ1) is 8.42. The van der Waals surface area contributed by atoms with E-state index in [2.05, 4.69) is 5.32 Å². The van der Waals surface area contributed by atoms with Gasteiger partial charge in [-0.2, -0.15) is 0 Å². The Morgan fingerprint density at radius 2 is 1.83 bits per heavy atom. The maximum atomic E-state index is 12.2. The van der Waals surface area contributed by atoms with Gasteiger partial charge in [0.05, 0.1) is 18.1 Å². The van der Waals surface area contributed by atoms with Gasteiger partial charge in [0.1, 0.15) is 0 Å². The molecule has 0 saturated carbocycles. The van der Waals surface area contributed by atoms with E-state index in [1.165, 1.54) is 4.90 Å². The van der Waals surface area contributed by atoms with Crippen LogP contribution in [0, 0.1) is 0 Å². The molecule has 0 aliphatic carbocycles. The molecule has 1 fully saturated rings. The van der Waals surface area contributed by atoms with Crippen LogP contribution in [0.5, 0.6) is 0 Å². The summed E-state index contributed by atoms with van der Waals surface area (Å²) >= 11 is 0. The molecule has 0 unspecified atom stereocenters. The van der Waals surface area contributed by atoms with E-state index in [1.54, 1.807) is 20.8 Å². The van der Waals surface area contributed by atoms with Crippen molar-refractivity contribution in [3.05, 3.63) is 35.9 Å². The Morgan fingerprint density at radius 1 is 1.22 bits per heavy atom. The number of hydrogen-bond acceptors (Lipinski definition) is 3. The van der Waals surface area contributed by atoms with Gasteiger partial charge in [-0.3, -0.25) is 19.8 Å². The fraction of sp³-hybridized carbons (Fsp3) is 0.429. The van der Waals surface area contributed by atoms with Crippen LogP contribution in [0.4, 0.5) is 0 Å². The molecule has 18 heavy (non-hydrogen) atoms. The largest absolute Gasteiger partial charge is 0.293 e. The van der Waals surface area contributed by atoms with Crippen LogP contribution < -0.4 is 5.32 Å². The number of carbonyl (C=O) groups excluding carboxylic acids is 2. The molecule has 1 aliphatic heterocycles. The molecule has 4 nitrogen and oxygen atoms in total. The molecule has 96 valence electrons. The van der Waals surface area contributed by atoms with Crippen LogP contribution in [0.2, 0.25) is 0 Å².